The first-order valence-electron chi connectivity index (χ1n) is 18.9. The molecule has 14 atom stereocenters. The zero-order chi connectivity index (χ0) is 37.6. The van der Waals surface area contributed by atoms with Gasteiger partial charge >= 0.3 is 23.9 Å². The number of rotatable bonds is 6. The van der Waals surface area contributed by atoms with Gasteiger partial charge in [0.1, 0.15) is 30.0 Å². The molecule has 0 bridgehead atoms. The second kappa shape index (κ2) is 12.5. The fourth-order valence-electron chi connectivity index (χ4n) is 12.2. The van der Waals surface area contributed by atoms with Gasteiger partial charge in [0.05, 0.1) is 5.56 Å². The number of aliphatic hydroxyl groups is 2. The summed E-state index contributed by atoms with van der Waals surface area (Å²) in [5.41, 5.74) is -4.23. The minimum absolute atomic E-state index is 0.0468. The van der Waals surface area contributed by atoms with Crippen molar-refractivity contribution in [2.24, 2.45) is 40.4 Å². The lowest BCUT2D eigenvalue weighted by Crippen LogP contribution is -2.68. The Hall–Kier alpha value is -3.06. The highest BCUT2D eigenvalue weighted by Crippen LogP contribution is 2.76. The van der Waals surface area contributed by atoms with Crippen LogP contribution in [-0.4, -0.2) is 81.8 Å². The molecule has 2 saturated heterocycles. The minimum Gasteiger partial charge on any atom is -0.463 e. The first-order chi connectivity index (χ1) is 24.3. The predicted octanol–water partition coefficient (Wildman–Crippen LogP) is 4.86. The van der Waals surface area contributed by atoms with Gasteiger partial charge in [-0.25, -0.2) is 4.79 Å². The number of benzene rings is 1. The molecule has 2 N–H and O–H groups in total. The summed E-state index contributed by atoms with van der Waals surface area (Å²) < 4.78 is 36.8. The summed E-state index contributed by atoms with van der Waals surface area (Å²) >= 11 is 0. The normalized spacial score (nSPS) is 47.4. The molecule has 286 valence electrons. The van der Waals surface area contributed by atoms with Gasteiger partial charge in [-0.3, -0.25) is 14.4 Å². The smallest absolute Gasteiger partial charge is 0.338 e. The van der Waals surface area contributed by atoms with Crippen LogP contribution in [0, 0.1) is 40.4 Å². The Kier molecular flexibility index (Phi) is 8.95. The summed E-state index contributed by atoms with van der Waals surface area (Å²) in [6.45, 7) is 11.6. The number of hydrogen-bond donors (Lipinski definition) is 2. The maximum Gasteiger partial charge on any atom is 0.338 e. The quantitative estimate of drug-likeness (QED) is 0.303. The van der Waals surface area contributed by atoms with Crippen LogP contribution in [0.4, 0.5) is 0 Å². The van der Waals surface area contributed by atoms with Gasteiger partial charge in [-0.05, 0) is 86.7 Å². The monoisotopic (exact) mass is 726 g/mol. The number of esters is 4. The fourth-order valence-corrected chi connectivity index (χ4v) is 12.2. The molecule has 0 aromatic heterocycles. The van der Waals surface area contributed by atoms with E-state index in [1.807, 2.05) is 6.92 Å². The molecule has 1 aromatic rings. The molecule has 1 aromatic carbocycles. The third kappa shape index (κ3) is 5.36. The zero-order valence-electron chi connectivity index (χ0n) is 31.3. The van der Waals surface area contributed by atoms with Crippen molar-refractivity contribution in [2.45, 2.75) is 141 Å². The highest BCUT2D eigenvalue weighted by molar-refractivity contribution is 5.89. The predicted molar refractivity (Wildman–Crippen MR) is 183 cm³/mol. The van der Waals surface area contributed by atoms with Gasteiger partial charge in [-0.15, -0.1) is 0 Å². The molecule has 12 heteroatoms. The van der Waals surface area contributed by atoms with E-state index in [-0.39, 0.29) is 54.7 Å². The highest BCUT2D eigenvalue weighted by atomic mass is 16.8. The summed E-state index contributed by atoms with van der Waals surface area (Å²) in [4.78, 5) is 50.1. The van der Waals surface area contributed by atoms with E-state index in [2.05, 4.69) is 6.92 Å². The first kappa shape index (κ1) is 37.3. The molecular weight excluding hydrogens is 672 g/mol. The van der Waals surface area contributed by atoms with Crippen molar-refractivity contribution in [1.29, 1.82) is 0 Å². The maximum absolute atomic E-state index is 13.5. The molecule has 0 amide bonds. The van der Waals surface area contributed by atoms with Crippen molar-refractivity contribution in [2.75, 3.05) is 6.61 Å². The van der Waals surface area contributed by atoms with Crippen molar-refractivity contribution in [3.63, 3.8) is 0 Å². The summed E-state index contributed by atoms with van der Waals surface area (Å²) in [5, 5.41) is 26.2. The molecule has 1 spiro atoms. The van der Waals surface area contributed by atoms with Gasteiger partial charge in [-0.2, -0.15) is 0 Å². The Morgan fingerprint density at radius 1 is 0.808 bits per heavy atom. The van der Waals surface area contributed by atoms with Crippen molar-refractivity contribution < 1.29 is 57.8 Å². The average molecular weight is 727 g/mol. The van der Waals surface area contributed by atoms with Gasteiger partial charge < -0.3 is 38.6 Å². The van der Waals surface area contributed by atoms with Crippen LogP contribution in [0.3, 0.4) is 0 Å². The molecule has 2 aliphatic heterocycles. The molecule has 52 heavy (non-hydrogen) atoms. The topological polar surface area (TPSA) is 164 Å². The van der Waals surface area contributed by atoms with Crippen LogP contribution in [0.1, 0.15) is 110 Å². The molecule has 6 fully saturated rings. The van der Waals surface area contributed by atoms with Gasteiger partial charge in [0, 0.05) is 44.9 Å². The number of fused-ring (bicyclic) bond motifs is 7. The summed E-state index contributed by atoms with van der Waals surface area (Å²) in [5.74, 6) is -6.71. The second-order valence-corrected chi connectivity index (χ2v) is 17.4. The van der Waals surface area contributed by atoms with E-state index < -0.39 is 64.2 Å². The fraction of sp³-hybridized carbons (Fsp3) is 0.750. The second-order valence-electron chi connectivity index (χ2n) is 17.4. The Balaban J connectivity index is 1.26. The molecule has 7 rings (SSSR count). The number of carbonyl (C=O) groups is 4. The van der Waals surface area contributed by atoms with E-state index in [1.165, 1.54) is 20.8 Å². The van der Waals surface area contributed by atoms with Crippen molar-refractivity contribution >= 4 is 23.9 Å². The molecule has 2 heterocycles. The summed E-state index contributed by atoms with van der Waals surface area (Å²) in [7, 11) is 0. The number of carbonyl (C=O) groups excluding carboxylic acids is 4. The zero-order valence-corrected chi connectivity index (χ0v) is 31.3. The highest BCUT2D eigenvalue weighted by Gasteiger charge is 2.87. The molecule has 6 aliphatic rings. The summed E-state index contributed by atoms with van der Waals surface area (Å²) in [6.07, 6.45) is 2.70. The van der Waals surface area contributed by atoms with E-state index in [9.17, 15) is 29.4 Å². The SMILES string of the molecule is CC(=O)OC[C@@]1(C)C[C@@H](OC(=O)c2ccccc2)[C@@]2(O1)O[C@@]1(O)C[C@H]3[C@@H]4CC[C@H]5C[C@@H](OC(C)=O)CC[C@]5(C)[C@H]4C[C@@H](OC(C)=O)[C@]3(C)[C@@]1(O)[C@@H]2C. The van der Waals surface area contributed by atoms with Crippen LogP contribution in [0.5, 0.6) is 0 Å². The molecule has 0 radical (unpaired) electrons. The van der Waals surface area contributed by atoms with E-state index in [0.29, 0.717) is 17.9 Å². The molecular formula is C40H54O12. The van der Waals surface area contributed by atoms with E-state index in [4.69, 9.17) is 28.4 Å². The Morgan fingerprint density at radius 3 is 2.15 bits per heavy atom. The van der Waals surface area contributed by atoms with Crippen LogP contribution in [0.2, 0.25) is 0 Å². The van der Waals surface area contributed by atoms with Gasteiger partial charge in [-0.1, -0.05) is 39.0 Å². The third-order valence-electron chi connectivity index (χ3n) is 14.5. The van der Waals surface area contributed by atoms with Crippen LogP contribution >= 0.6 is 0 Å². The number of hydrogen-bond acceptors (Lipinski definition) is 12. The Morgan fingerprint density at radius 2 is 1.50 bits per heavy atom. The lowest BCUT2D eigenvalue weighted by atomic mass is 9.43. The molecule has 12 nitrogen and oxygen atoms in total. The third-order valence-corrected chi connectivity index (χ3v) is 14.5. The standard InChI is InChI=1S/C40H54O12/c1-22-39(33(20-35(5,51-39)21-47-23(2)41)50-34(44)26-11-9-8-10-12-26)52-38(45)19-31-29-14-13-27-17-28(48-24(3)42)15-16-36(27,6)30(29)18-32(49-25(4)43)37(31,7)40(22,38)46/h8-12,22,27-33,45-46H,13-21H2,1-7H3/t22-,27+,28+,29-,30+,31+,32-,33-,35-,36+,37-,38+,39+,40+/m1/s1. The summed E-state index contributed by atoms with van der Waals surface area (Å²) in [6, 6.07) is 8.48. The van der Waals surface area contributed by atoms with Crippen LogP contribution in [0.25, 0.3) is 0 Å². The molecule has 0 unspecified atom stereocenters. The first-order valence-corrected chi connectivity index (χ1v) is 18.9. The number of ether oxygens (including phenoxy) is 6. The molecule has 4 saturated carbocycles. The lowest BCUT2D eigenvalue weighted by molar-refractivity contribution is -0.344. The Labute approximate surface area is 305 Å². The van der Waals surface area contributed by atoms with Gasteiger partial charge in [0.15, 0.2) is 11.9 Å². The van der Waals surface area contributed by atoms with Crippen molar-refractivity contribution in [1.82, 2.24) is 0 Å². The molecule has 4 aliphatic carbocycles. The van der Waals surface area contributed by atoms with Crippen molar-refractivity contribution in [3.8, 4) is 0 Å². The average Bonchev–Trinajstić information content (AvgIpc) is 3.52. The largest absolute Gasteiger partial charge is 0.463 e. The van der Waals surface area contributed by atoms with Crippen LogP contribution < -0.4 is 0 Å². The van der Waals surface area contributed by atoms with Crippen molar-refractivity contribution in [3.05, 3.63) is 35.9 Å². The lowest BCUT2D eigenvalue weighted by Gasteiger charge is -2.63. The van der Waals surface area contributed by atoms with Crippen LogP contribution in [-0.2, 0) is 42.8 Å². The van der Waals surface area contributed by atoms with Gasteiger partial charge in [0.2, 0.25) is 5.79 Å². The minimum atomic E-state index is -2.17. The van der Waals surface area contributed by atoms with E-state index in [1.54, 1.807) is 44.2 Å². The van der Waals surface area contributed by atoms with E-state index in [0.717, 1.165) is 32.1 Å². The van der Waals surface area contributed by atoms with E-state index >= 15 is 0 Å². The Bertz CT molecular complexity index is 1620. The maximum atomic E-state index is 13.5. The van der Waals surface area contributed by atoms with Gasteiger partial charge in [0.25, 0.3) is 0 Å². The van der Waals surface area contributed by atoms with Crippen LogP contribution in [0.15, 0.2) is 30.3 Å².